The summed E-state index contributed by atoms with van der Waals surface area (Å²) in [6.45, 7) is 1.97. The molecule has 5 rings (SSSR count). The van der Waals surface area contributed by atoms with E-state index in [-0.39, 0.29) is 11.7 Å². The molecule has 0 saturated heterocycles. The molecular formula is C26H18BrClN4O. The second-order valence-corrected chi connectivity index (χ2v) is 8.94. The van der Waals surface area contributed by atoms with Crippen LogP contribution in [0.25, 0.3) is 27.8 Å². The van der Waals surface area contributed by atoms with Gasteiger partial charge in [0.1, 0.15) is 0 Å². The minimum Gasteiger partial charge on any atom is -0.319 e. The van der Waals surface area contributed by atoms with Crippen LogP contribution in [0, 0.1) is 6.92 Å². The van der Waals surface area contributed by atoms with Crippen LogP contribution in [-0.2, 0) is 0 Å². The summed E-state index contributed by atoms with van der Waals surface area (Å²) in [7, 11) is 0. The quantitative estimate of drug-likeness (QED) is 0.277. The topological polar surface area (TPSA) is 59.8 Å². The molecule has 5 nitrogen and oxygen atoms in total. The Balaban J connectivity index is 1.60. The Hall–Kier alpha value is -3.48. The molecule has 33 heavy (non-hydrogen) atoms. The third-order valence-corrected chi connectivity index (χ3v) is 6.11. The van der Waals surface area contributed by atoms with Crippen molar-refractivity contribution in [3.63, 3.8) is 0 Å². The smallest absolute Gasteiger partial charge is 0.295 e. The molecule has 0 radical (unpaired) electrons. The molecule has 0 aliphatic carbocycles. The first-order chi connectivity index (χ1) is 16.0. The molecule has 1 aromatic heterocycles. The van der Waals surface area contributed by atoms with E-state index in [1.54, 1.807) is 4.68 Å². The number of nitrogens with zero attached hydrogens (tertiary/aromatic N) is 3. The first kappa shape index (κ1) is 21.4. The second kappa shape index (κ2) is 8.81. The van der Waals surface area contributed by atoms with Crippen LogP contribution in [0.15, 0.2) is 89.4 Å². The number of amides is 1. The fraction of sp³-hybridized carbons (Fsp3) is 0.0385. The van der Waals surface area contributed by atoms with Crippen molar-refractivity contribution >= 4 is 49.9 Å². The van der Waals surface area contributed by atoms with E-state index in [1.165, 1.54) is 0 Å². The van der Waals surface area contributed by atoms with Gasteiger partial charge in [0, 0.05) is 26.1 Å². The van der Waals surface area contributed by atoms with Gasteiger partial charge in [0.25, 0.3) is 5.91 Å². The predicted octanol–water partition coefficient (Wildman–Crippen LogP) is 7.06. The fourth-order valence-electron chi connectivity index (χ4n) is 3.69. The van der Waals surface area contributed by atoms with Crippen molar-refractivity contribution in [1.82, 2.24) is 14.8 Å². The molecule has 0 unspecified atom stereocenters. The lowest BCUT2D eigenvalue weighted by Crippen LogP contribution is -2.14. The largest absolute Gasteiger partial charge is 0.319 e. The van der Waals surface area contributed by atoms with Gasteiger partial charge in [0.2, 0.25) is 5.82 Å². The molecule has 4 aromatic carbocycles. The van der Waals surface area contributed by atoms with E-state index in [2.05, 4.69) is 31.3 Å². The molecule has 5 aromatic rings. The standard InChI is InChI=1S/C26H18BrClN4O/c1-16-9-14-20(28)15-23(16)32-25(18-10-12-19(27)13-11-18)30-24(31-32)26(33)29-22-8-4-6-17-5-2-3-7-21(17)22/h2-15H,1H3,(H,29,33). The Morgan fingerprint density at radius 2 is 1.73 bits per heavy atom. The zero-order chi connectivity index (χ0) is 22.9. The average molecular weight is 518 g/mol. The molecule has 0 atom stereocenters. The fourth-order valence-corrected chi connectivity index (χ4v) is 4.12. The zero-order valence-electron chi connectivity index (χ0n) is 17.6. The van der Waals surface area contributed by atoms with Crippen molar-refractivity contribution in [2.24, 2.45) is 0 Å². The number of rotatable bonds is 4. The van der Waals surface area contributed by atoms with Crippen LogP contribution in [0.4, 0.5) is 5.69 Å². The number of aryl methyl sites for hydroxylation is 1. The van der Waals surface area contributed by atoms with Gasteiger partial charge in [-0.15, -0.1) is 5.10 Å². The van der Waals surface area contributed by atoms with Crippen molar-refractivity contribution in [3.05, 3.63) is 106 Å². The Morgan fingerprint density at radius 1 is 0.970 bits per heavy atom. The summed E-state index contributed by atoms with van der Waals surface area (Å²) in [5.74, 6) is 0.235. The van der Waals surface area contributed by atoms with Crippen LogP contribution in [-0.4, -0.2) is 20.7 Å². The van der Waals surface area contributed by atoms with E-state index in [9.17, 15) is 4.79 Å². The highest BCUT2D eigenvalue weighted by molar-refractivity contribution is 9.10. The first-order valence-corrected chi connectivity index (χ1v) is 11.5. The number of benzene rings is 4. The number of carbonyl (C=O) groups excluding carboxylic acids is 1. The molecule has 0 aliphatic heterocycles. The number of anilines is 1. The van der Waals surface area contributed by atoms with Crippen LogP contribution in [0.1, 0.15) is 16.2 Å². The molecule has 0 bridgehead atoms. The molecule has 1 amide bonds. The van der Waals surface area contributed by atoms with E-state index < -0.39 is 0 Å². The molecule has 0 spiro atoms. The van der Waals surface area contributed by atoms with Gasteiger partial charge in [-0.05, 0) is 48.2 Å². The van der Waals surface area contributed by atoms with E-state index >= 15 is 0 Å². The maximum Gasteiger partial charge on any atom is 0.295 e. The molecule has 7 heteroatoms. The third-order valence-electron chi connectivity index (χ3n) is 5.35. The van der Waals surface area contributed by atoms with Gasteiger partial charge in [-0.25, -0.2) is 9.67 Å². The summed E-state index contributed by atoms with van der Waals surface area (Å²) in [6.07, 6.45) is 0. The number of halogens is 2. The normalized spacial score (nSPS) is 11.0. The lowest BCUT2D eigenvalue weighted by Gasteiger charge is -2.09. The summed E-state index contributed by atoms with van der Waals surface area (Å²) in [5.41, 5.74) is 3.26. The molecule has 0 aliphatic rings. The van der Waals surface area contributed by atoms with E-state index in [1.807, 2.05) is 91.9 Å². The van der Waals surface area contributed by atoms with E-state index in [0.717, 1.165) is 32.1 Å². The van der Waals surface area contributed by atoms with Crippen LogP contribution in [0.5, 0.6) is 0 Å². The third kappa shape index (κ3) is 4.27. The second-order valence-electron chi connectivity index (χ2n) is 7.59. The summed E-state index contributed by atoms with van der Waals surface area (Å²) in [6, 6.07) is 26.9. The first-order valence-electron chi connectivity index (χ1n) is 10.3. The van der Waals surface area contributed by atoms with Crippen molar-refractivity contribution in [2.75, 3.05) is 5.32 Å². The predicted molar refractivity (Wildman–Crippen MR) is 136 cm³/mol. The molecular weight excluding hydrogens is 500 g/mol. The van der Waals surface area contributed by atoms with Crippen molar-refractivity contribution in [1.29, 1.82) is 0 Å². The number of hydrogen-bond acceptors (Lipinski definition) is 3. The summed E-state index contributed by atoms with van der Waals surface area (Å²) in [4.78, 5) is 17.8. The van der Waals surface area contributed by atoms with Crippen LogP contribution in [0.3, 0.4) is 0 Å². The van der Waals surface area contributed by atoms with Crippen molar-refractivity contribution in [2.45, 2.75) is 6.92 Å². The van der Waals surface area contributed by atoms with E-state index in [4.69, 9.17) is 11.6 Å². The molecule has 0 saturated carbocycles. The minimum absolute atomic E-state index is 0.0697. The van der Waals surface area contributed by atoms with Crippen LogP contribution in [0.2, 0.25) is 5.02 Å². The van der Waals surface area contributed by atoms with E-state index in [0.29, 0.717) is 16.5 Å². The van der Waals surface area contributed by atoms with Gasteiger partial charge in [-0.3, -0.25) is 4.79 Å². The highest BCUT2D eigenvalue weighted by atomic mass is 79.9. The molecule has 1 heterocycles. The van der Waals surface area contributed by atoms with Gasteiger partial charge >= 0.3 is 0 Å². The monoisotopic (exact) mass is 516 g/mol. The van der Waals surface area contributed by atoms with Gasteiger partial charge in [-0.1, -0.05) is 82.1 Å². The van der Waals surface area contributed by atoms with Crippen molar-refractivity contribution < 1.29 is 4.79 Å². The summed E-state index contributed by atoms with van der Waals surface area (Å²) >= 11 is 9.73. The highest BCUT2D eigenvalue weighted by Gasteiger charge is 2.20. The highest BCUT2D eigenvalue weighted by Crippen LogP contribution is 2.28. The minimum atomic E-state index is -0.386. The van der Waals surface area contributed by atoms with Crippen molar-refractivity contribution in [3.8, 4) is 17.1 Å². The number of aromatic nitrogens is 3. The number of carbonyl (C=O) groups is 1. The number of fused-ring (bicyclic) bond motifs is 1. The molecule has 1 N–H and O–H groups in total. The number of nitrogens with one attached hydrogen (secondary N) is 1. The number of hydrogen-bond donors (Lipinski definition) is 1. The Morgan fingerprint density at radius 3 is 2.55 bits per heavy atom. The Kier molecular flexibility index (Phi) is 5.70. The zero-order valence-corrected chi connectivity index (χ0v) is 19.9. The van der Waals surface area contributed by atoms with Gasteiger partial charge in [0.05, 0.1) is 5.69 Å². The Labute approximate surface area is 204 Å². The molecule has 162 valence electrons. The maximum absolute atomic E-state index is 13.2. The van der Waals surface area contributed by atoms with Crippen LogP contribution < -0.4 is 5.32 Å². The maximum atomic E-state index is 13.2. The van der Waals surface area contributed by atoms with Gasteiger partial charge < -0.3 is 5.32 Å². The van der Waals surface area contributed by atoms with Gasteiger partial charge in [0.15, 0.2) is 5.82 Å². The Bertz CT molecular complexity index is 1490. The lowest BCUT2D eigenvalue weighted by molar-refractivity contribution is 0.101. The molecule has 0 fully saturated rings. The summed E-state index contributed by atoms with van der Waals surface area (Å²) < 4.78 is 2.62. The van der Waals surface area contributed by atoms with Crippen LogP contribution >= 0.6 is 27.5 Å². The lowest BCUT2D eigenvalue weighted by atomic mass is 10.1. The average Bonchev–Trinajstić information content (AvgIpc) is 3.27. The van der Waals surface area contributed by atoms with Gasteiger partial charge in [-0.2, -0.15) is 0 Å². The summed E-state index contributed by atoms with van der Waals surface area (Å²) in [5, 5.41) is 10.1. The SMILES string of the molecule is Cc1ccc(Cl)cc1-n1nc(C(=O)Nc2cccc3ccccc23)nc1-c1ccc(Br)cc1.